The van der Waals surface area contributed by atoms with Crippen molar-refractivity contribution in [2.24, 2.45) is 0 Å². The minimum atomic E-state index is -3.27. The Morgan fingerprint density at radius 3 is 2.44 bits per heavy atom. The predicted molar refractivity (Wildman–Crippen MR) is 119 cm³/mol. The molecule has 2 N–H and O–H groups in total. The number of aromatic nitrogens is 2. The topological polar surface area (TPSA) is 119 Å². The lowest BCUT2D eigenvalue weighted by Gasteiger charge is -2.15. The molecule has 0 aliphatic heterocycles. The molecule has 0 amide bonds. The number of benzene rings is 2. The summed E-state index contributed by atoms with van der Waals surface area (Å²) in [6.07, 6.45) is 2.45. The number of ether oxygens (including phenoxy) is 2. The number of hydrogen-bond acceptors (Lipinski definition) is 7. The molecule has 0 radical (unpaired) electrons. The number of hydrogen-bond donors (Lipinski definition) is 2. The Kier molecular flexibility index (Phi) is 6.03. The molecule has 168 valence electrons. The molecule has 1 aromatic heterocycles. The number of rotatable bonds is 8. The van der Waals surface area contributed by atoms with Crippen LogP contribution < -0.4 is 15.0 Å². The highest BCUT2D eigenvalue weighted by Crippen LogP contribution is 2.35. The van der Waals surface area contributed by atoms with Crippen molar-refractivity contribution in [3.63, 3.8) is 0 Å². The van der Waals surface area contributed by atoms with Gasteiger partial charge in [-0.05, 0) is 63.1 Å². The Bertz CT molecular complexity index is 1280. The molecule has 1 aliphatic rings. The minimum absolute atomic E-state index is 0.170. The third kappa shape index (κ3) is 4.84. The zero-order chi connectivity index (χ0) is 22.9. The van der Waals surface area contributed by atoms with E-state index in [1.165, 1.54) is 18.3 Å². The summed E-state index contributed by atoms with van der Waals surface area (Å²) in [7, 11) is -3.27. The van der Waals surface area contributed by atoms with E-state index in [1.54, 1.807) is 44.2 Å². The highest BCUT2D eigenvalue weighted by atomic mass is 32.2. The summed E-state index contributed by atoms with van der Waals surface area (Å²) in [6.45, 7) is 3.22. The summed E-state index contributed by atoms with van der Waals surface area (Å²) in [6, 6.07) is 11.3. The third-order valence-corrected chi connectivity index (χ3v) is 7.35. The number of aliphatic hydroxyl groups is 1. The van der Waals surface area contributed by atoms with Gasteiger partial charge >= 0.3 is 0 Å². The largest absolute Gasteiger partial charge is 0.488 e. The molecule has 2 aromatic carbocycles. The molecular formula is C23H24N2O6S. The molecule has 3 aromatic rings. The molecule has 1 atom stereocenters. The van der Waals surface area contributed by atoms with Crippen molar-refractivity contribution >= 4 is 9.84 Å². The fourth-order valence-corrected chi connectivity index (χ4v) is 4.77. The molecule has 1 fully saturated rings. The smallest absolute Gasteiger partial charge is 0.254 e. The lowest BCUT2D eigenvalue weighted by molar-refractivity contribution is 0.129. The lowest BCUT2D eigenvalue weighted by atomic mass is 10.1. The van der Waals surface area contributed by atoms with Gasteiger partial charge in [-0.3, -0.25) is 4.79 Å². The van der Waals surface area contributed by atoms with E-state index in [2.05, 4.69) is 9.97 Å². The molecule has 1 heterocycles. The lowest BCUT2D eigenvalue weighted by Crippen LogP contribution is -2.16. The zero-order valence-electron chi connectivity index (χ0n) is 17.7. The van der Waals surface area contributed by atoms with Crippen molar-refractivity contribution in [3.05, 3.63) is 64.6 Å². The van der Waals surface area contributed by atoms with Crippen LogP contribution in [0, 0.1) is 6.92 Å². The number of aliphatic hydroxyl groups excluding tert-OH is 1. The molecule has 1 unspecified atom stereocenters. The molecule has 4 rings (SSSR count). The van der Waals surface area contributed by atoms with Crippen molar-refractivity contribution in [2.45, 2.75) is 42.9 Å². The van der Waals surface area contributed by atoms with Gasteiger partial charge in [-0.15, -0.1) is 0 Å². The first-order valence-corrected chi connectivity index (χ1v) is 11.8. The molecule has 0 spiro atoms. The van der Waals surface area contributed by atoms with Crippen LogP contribution in [0.3, 0.4) is 0 Å². The van der Waals surface area contributed by atoms with Gasteiger partial charge in [0.2, 0.25) is 0 Å². The molecule has 1 saturated carbocycles. The minimum Gasteiger partial charge on any atom is -0.488 e. The van der Waals surface area contributed by atoms with Crippen LogP contribution in [0.2, 0.25) is 0 Å². The maximum Gasteiger partial charge on any atom is 0.254 e. The first-order chi connectivity index (χ1) is 15.3. The standard InChI is InChI=1S/C23H24N2O6S/c1-14-12-24-22(25-23(14)27)16-9-18(30-15(2)13-26)11-19(10-16)31-17-3-5-20(6-4-17)32(28,29)21-7-8-21/h3-6,9-12,15,21,26H,7-8,13H2,1-2H3,(H,24,25,27). The number of sulfone groups is 1. The van der Waals surface area contributed by atoms with Crippen LogP contribution in [-0.4, -0.2) is 41.5 Å². The van der Waals surface area contributed by atoms with Gasteiger partial charge in [0.05, 0.1) is 16.8 Å². The van der Waals surface area contributed by atoms with Crippen LogP contribution in [-0.2, 0) is 9.84 Å². The summed E-state index contributed by atoms with van der Waals surface area (Å²) in [4.78, 5) is 19.3. The number of aryl methyl sites for hydroxylation is 1. The summed E-state index contributed by atoms with van der Waals surface area (Å²) in [5.41, 5.74) is 0.806. The molecule has 9 heteroatoms. The third-order valence-electron chi connectivity index (χ3n) is 5.08. The number of H-pyrrole nitrogens is 1. The molecule has 1 aliphatic carbocycles. The second kappa shape index (κ2) is 8.76. The highest BCUT2D eigenvalue weighted by molar-refractivity contribution is 7.92. The second-order valence-corrected chi connectivity index (χ2v) is 10.1. The quantitative estimate of drug-likeness (QED) is 0.534. The van der Waals surface area contributed by atoms with Gasteiger partial charge in [0, 0.05) is 23.4 Å². The number of aromatic amines is 1. The van der Waals surface area contributed by atoms with Crippen LogP contribution in [0.5, 0.6) is 17.2 Å². The Hall–Kier alpha value is -3.17. The van der Waals surface area contributed by atoms with Gasteiger partial charge in [0.15, 0.2) is 9.84 Å². The molecule has 0 saturated heterocycles. The van der Waals surface area contributed by atoms with Crippen LogP contribution in [0.15, 0.2) is 58.4 Å². The monoisotopic (exact) mass is 456 g/mol. The Labute approximate surface area is 185 Å². The van der Waals surface area contributed by atoms with Crippen molar-refractivity contribution in [2.75, 3.05) is 6.61 Å². The molecule has 0 bridgehead atoms. The number of nitrogens with one attached hydrogen (secondary N) is 1. The summed E-state index contributed by atoms with van der Waals surface area (Å²) >= 11 is 0. The van der Waals surface area contributed by atoms with Gasteiger partial charge < -0.3 is 19.6 Å². The first kappa shape index (κ1) is 22.0. The van der Waals surface area contributed by atoms with E-state index in [4.69, 9.17) is 9.47 Å². The SMILES string of the molecule is Cc1cnc(-c2cc(Oc3ccc(S(=O)(=O)C4CC4)cc3)cc(OC(C)CO)c2)[nH]c1=O. The fourth-order valence-electron chi connectivity index (χ4n) is 3.11. The summed E-state index contributed by atoms with van der Waals surface area (Å²) in [5.74, 6) is 1.63. The normalized spacial score (nSPS) is 14.7. The van der Waals surface area contributed by atoms with Crippen molar-refractivity contribution < 1.29 is 23.0 Å². The van der Waals surface area contributed by atoms with Crippen LogP contribution in [0.1, 0.15) is 25.3 Å². The molecular weight excluding hydrogens is 432 g/mol. The Morgan fingerprint density at radius 1 is 1.12 bits per heavy atom. The summed E-state index contributed by atoms with van der Waals surface area (Å²) in [5, 5.41) is 9.05. The average molecular weight is 457 g/mol. The molecule has 8 nitrogen and oxygen atoms in total. The molecule has 32 heavy (non-hydrogen) atoms. The zero-order valence-corrected chi connectivity index (χ0v) is 18.6. The maximum absolute atomic E-state index is 12.4. The predicted octanol–water partition coefficient (Wildman–Crippen LogP) is 3.23. The van der Waals surface area contributed by atoms with E-state index in [9.17, 15) is 18.3 Å². The van der Waals surface area contributed by atoms with Crippen molar-refractivity contribution in [3.8, 4) is 28.6 Å². The van der Waals surface area contributed by atoms with Crippen molar-refractivity contribution in [1.82, 2.24) is 9.97 Å². The van der Waals surface area contributed by atoms with Gasteiger partial charge in [0.25, 0.3) is 5.56 Å². The van der Waals surface area contributed by atoms with E-state index in [0.717, 1.165) is 0 Å². The highest BCUT2D eigenvalue weighted by Gasteiger charge is 2.36. The van der Waals surface area contributed by atoms with E-state index in [1.807, 2.05) is 0 Å². The van der Waals surface area contributed by atoms with E-state index >= 15 is 0 Å². The van der Waals surface area contributed by atoms with Crippen LogP contribution in [0.4, 0.5) is 0 Å². The fraction of sp³-hybridized carbons (Fsp3) is 0.304. The average Bonchev–Trinajstić information content (AvgIpc) is 3.62. The van der Waals surface area contributed by atoms with E-state index in [-0.39, 0.29) is 22.3 Å². The first-order valence-electron chi connectivity index (χ1n) is 10.3. The van der Waals surface area contributed by atoms with Gasteiger partial charge in [-0.1, -0.05) is 0 Å². The van der Waals surface area contributed by atoms with Crippen LogP contribution in [0.25, 0.3) is 11.4 Å². The Balaban J connectivity index is 1.65. The van der Waals surface area contributed by atoms with Crippen LogP contribution >= 0.6 is 0 Å². The maximum atomic E-state index is 12.4. The van der Waals surface area contributed by atoms with E-state index < -0.39 is 15.9 Å². The van der Waals surface area contributed by atoms with E-state index in [0.29, 0.717) is 47.0 Å². The summed E-state index contributed by atoms with van der Waals surface area (Å²) < 4.78 is 36.4. The van der Waals surface area contributed by atoms with Crippen molar-refractivity contribution in [1.29, 1.82) is 0 Å². The van der Waals surface area contributed by atoms with Gasteiger partial charge in [-0.2, -0.15) is 0 Å². The van der Waals surface area contributed by atoms with Gasteiger partial charge in [0.1, 0.15) is 29.2 Å². The second-order valence-electron chi connectivity index (χ2n) is 7.87. The Morgan fingerprint density at radius 2 is 1.81 bits per heavy atom. The van der Waals surface area contributed by atoms with Gasteiger partial charge in [-0.25, -0.2) is 13.4 Å². The number of nitrogens with zero attached hydrogens (tertiary/aromatic N) is 1.